The van der Waals surface area contributed by atoms with E-state index in [2.05, 4.69) is 26.0 Å². The second kappa shape index (κ2) is 43.4. The third-order valence-electron chi connectivity index (χ3n) is 13.1. The number of aliphatic hydroxyl groups is 5. The molecule has 0 amide bonds. The zero-order valence-corrected chi connectivity index (χ0v) is 43.4. The number of aliphatic hydroxyl groups excluding tert-OH is 5. The van der Waals surface area contributed by atoms with Crippen LogP contribution in [-0.4, -0.2) is 98.3 Å². The number of ether oxygens (including phenoxy) is 2. The quantitative estimate of drug-likeness (QED) is 0.0145. The number of hydrogen-bond acceptors (Lipinski definition) is 12. The molecule has 0 saturated heterocycles. The molecule has 14 heteroatoms. The lowest BCUT2D eigenvalue weighted by Crippen LogP contribution is -2.64. The Morgan fingerprint density at radius 2 is 0.761 bits per heavy atom. The Hall–Kier alpha value is -1.41. The lowest BCUT2D eigenvalue weighted by Gasteiger charge is -2.41. The van der Waals surface area contributed by atoms with Crippen LogP contribution in [0.3, 0.4) is 0 Å². The van der Waals surface area contributed by atoms with Gasteiger partial charge in [-0.1, -0.05) is 219 Å². The van der Waals surface area contributed by atoms with Gasteiger partial charge in [0.05, 0.1) is 6.61 Å². The molecule has 0 spiro atoms. The van der Waals surface area contributed by atoms with Crippen LogP contribution in [0.5, 0.6) is 0 Å². The summed E-state index contributed by atoms with van der Waals surface area (Å²) in [7, 11) is -5.12. The van der Waals surface area contributed by atoms with E-state index in [4.69, 9.17) is 18.5 Å². The van der Waals surface area contributed by atoms with Crippen LogP contribution < -0.4 is 0 Å². The van der Waals surface area contributed by atoms with Crippen molar-refractivity contribution < 1.29 is 63.1 Å². The van der Waals surface area contributed by atoms with Crippen LogP contribution in [0.25, 0.3) is 0 Å². The highest BCUT2D eigenvalue weighted by Gasteiger charge is 2.51. The predicted octanol–water partition coefficient (Wildman–Crippen LogP) is 12.2. The molecule has 0 radical (unpaired) electrons. The highest BCUT2D eigenvalue weighted by Crippen LogP contribution is 2.47. The van der Waals surface area contributed by atoms with Gasteiger partial charge >= 0.3 is 19.8 Å². The molecule has 0 aromatic heterocycles. The second-order valence-corrected chi connectivity index (χ2v) is 20.9. The molecule has 67 heavy (non-hydrogen) atoms. The van der Waals surface area contributed by atoms with Gasteiger partial charge in [0.2, 0.25) is 0 Å². The maximum atomic E-state index is 12.9. The van der Waals surface area contributed by atoms with Gasteiger partial charge in [-0.15, -0.1) is 0 Å². The number of phosphoric ester groups is 1. The fourth-order valence-electron chi connectivity index (χ4n) is 8.70. The van der Waals surface area contributed by atoms with Crippen LogP contribution in [-0.2, 0) is 32.7 Å². The normalized spacial score (nSPS) is 21.1. The van der Waals surface area contributed by atoms with Gasteiger partial charge in [0.1, 0.15) is 43.2 Å². The minimum atomic E-state index is -5.12. The fraction of sp³-hybridized carbons (Fsp3) is 0.925. The molecule has 0 aromatic carbocycles. The van der Waals surface area contributed by atoms with E-state index >= 15 is 0 Å². The van der Waals surface area contributed by atoms with E-state index in [1.807, 2.05) is 0 Å². The average Bonchev–Trinajstić information content (AvgIpc) is 3.31. The van der Waals surface area contributed by atoms with Gasteiger partial charge in [-0.05, 0) is 38.5 Å². The van der Waals surface area contributed by atoms with Gasteiger partial charge in [-0.2, -0.15) is 0 Å². The molecule has 13 nitrogen and oxygen atoms in total. The summed E-state index contributed by atoms with van der Waals surface area (Å²) in [5.74, 6) is -1.10. The van der Waals surface area contributed by atoms with Crippen molar-refractivity contribution >= 4 is 19.8 Å². The van der Waals surface area contributed by atoms with E-state index in [0.29, 0.717) is 12.8 Å². The van der Waals surface area contributed by atoms with Gasteiger partial charge in [0, 0.05) is 12.8 Å². The summed E-state index contributed by atoms with van der Waals surface area (Å²) in [5.41, 5.74) is 0. The number of phosphoric acid groups is 1. The number of esters is 2. The second-order valence-electron chi connectivity index (χ2n) is 19.4. The third kappa shape index (κ3) is 35.4. The van der Waals surface area contributed by atoms with Gasteiger partial charge in [0.15, 0.2) is 6.10 Å². The van der Waals surface area contributed by atoms with Gasteiger partial charge in [-0.3, -0.25) is 18.6 Å². The van der Waals surface area contributed by atoms with Crippen molar-refractivity contribution in [3.8, 4) is 0 Å². The topological polar surface area (TPSA) is 210 Å². The molecule has 0 bridgehead atoms. The van der Waals surface area contributed by atoms with Crippen molar-refractivity contribution in [1.29, 1.82) is 0 Å². The highest BCUT2D eigenvalue weighted by molar-refractivity contribution is 7.47. The molecule has 1 rings (SSSR count). The van der Waals surface area contributed by atoms with Crippen LogP contribution in [0.15, 0.2) is 12.2 Å². The highest BCUT2D eigenvalue weighted by atomic mass is 31.2. The molecule has 8 atom stereocenters. The lowest BCUT2D eigenvalue weighted by atomic mass is 9.85. The van der Waals surface area contributed by atoms with Gasteiger partial charge in [0.25, 0.3) is 0 Å². The van der Waals surface area contributed by atoms with Crippen LogP contribution in [0.1, 0.15) is 258 Å². The summed E-state index contributed by atoms with van der Waals surface area (Å²) >= 11 is 0. The summed E-state index contributed by atoms with van der Waals surface area (Å²) in [5, 5.41) is 50.3. The summed E-state index contributed by atoms with van der Waals surface area (Å²) < 4.78 is 33.7. The maximum Gasteiger partial charge on any atom is 0.472 e. The molecular formula is C53H101O13P. The first-order chi connectivity index (χ1) is 32.4. The Morgan fingerprint density at radius 1 is 0.448 bits per heavy atom. The molecule has 6 N–H and O–H groups in total. The zero-order chi connectivity index (χ0) is 49.2. The van der Waals surface area contributed by atoms with E-state index in [1.54, 1.807) is 0 Å². The Balaban J connectivity index is 2.33. The van der Waals surface area contributed by atoms with Crippen molar-refractivity contribution in [1.82, 2.24) is 0 Å². The van der Waals surface area contributed by atoms with Crippen molar-refractivity contribution in [2.75, 3.05) is 13.2 Å². The minimum absolute atomic E-state index is 0.0811. The monoisotopic (exact) mass is 977 g/mol. The van der Waals surface area contributed by atoms with Crippen LogP contribution >= 0.6 is 7.82 Å². The molecule has 1 aliphatic rings. The van der Waals surface area contributed by atoms with E-state index in [0.717, 1.165) is 44.9 Å². The average molecular weight is 977 g/mol. The van der Waals surface area contributed by atoms with E-state index in [-0.39, 0.29) is 12.8 Å². The molecule has 1 aliphatic carbocycles. The molecule has 0 heterocycles. The van der Waals surface area contributed by atoms with Crippen molar-refractivity contribution in [2.24, 2.45) is 0 Å². The van der Waals surface area contributed by atoms with E-state index in [9.17, 15) is 44.6 Å². The number of carbonyl (C=O) groups is 2. The Labute approximate surface area is 407 Å². The summed E-state index contributed by atoms with van der Waals surface area (Å²) in [6.45, 7) is 3.33. The first-order valence-corrected chi connectivity index (χ1v) is 29.0. The Kier molecular flexibility index (Phi) is 41.2. The van der Waals surface area contributed by atoms with Crippen LogP contribution in [0.2, 0.25) is 0 Å². The van der Waals surface area contributed by atoms with E-state index < -0.39 is 75.7 Å². The Morgan fingerprint density at radius 3 is 1.15 bits per heavy atom. The largest absolute Gasteiger partial charge is 0.472 e. The molecule has 6 unspecified atom stereocenters. The number of rotatable bonds is 47. The summed E-state index contributed by atoms with van der Waals surface area (Å²) in [4.78, 5) is 35.9. The van der Waals surface area contributed by atoms with Crippen LogP contribution in [0.4, 0.5) is 0 Å². The fourth-order valence-corrected chi connectivity index (χ4v) is 9.67. The minimum Gasteiger partial charge on any atom is -0.462 e. The standard InChI is InChI=1S/C53H101O13P/c1-3-5-7-9-11-13-15-17-19-20-21-22-23-24-25-26-28-29-31-33-35-37-39-41-46(54)63-43-45(44-64-67(61,62)66-53-51(59)49(57)48(56)50(58)52(53)60)65-47(55)42-40-38-36-34-32-30-27-18-16-14-12-10-8-6-4-2/h30,32,45,48-53,56-60H,3-29,31,33-44H2,1-2H3,(H,61,62)/b32-30+/t45-,48?,49-,50?,51?,52?,53?/m0/s1. The Bertz CT molecular complexity index is 1220. The predicted molar refractivity (Wildman–Crippen MR) is 267 cm³/mol. The van der Waals surface area contributed by atoms with Crippen molar-refractivity contribution in [3.05, 3.63) is 12.2 Å². The molecular weight excluding hydrogens is 876 g/mol. The van der Waals surface area contributed by atoms with Gasteiger partial charge < -0.3 is 39.9 Å². The molecule has 0 aliphatic heterocycles. The number of hydrogen-bond donors (Lipinski definition) is 6. The molecule has 396 valence electrons. The number of carbonyl (C=O) groups excluding carboxylic acids is 2. The molecule has 1 saturated carbocycles. The summed E-state index contributed by atoms with van der Waals surface area (Å²) in [6.07, 6.45) is 35.6. The first kappa shape index (κ1) is 63.6. The number of allylic oxidation sites excluding steroid dienone is 2. The van der Waals surface area contributed by atoms with Crippen LogP contribution in [0, 0.1) is 0 Å². The SMILES string of the molecule is CCCCCCCCCC/C=C/CCCCCC(=O)O[C@@H](COC(=O)CCCCCCCCCCCCCCCCCCCCCCCCC)COP(=O)(O)OC1C(O)C(O)C(O)[C@H](O)C1O. The smallest absolute Gasteiger partial charge is 0.462 e. The molecule has 1 fully saturated rings. The van der Waals surface area contributed by atoms with Gasteiger partial charge in [-0.25, -0.2) is 4.57 Å². The third-order valence-corrected chi connectivity index (χ3v) is 14.1. The maximum absolute atomic E-state index is 12.9. The van der Waals surface area contributed by atoms with E-state index in [1.165, 1.54) is 173 Å². The first-order valence-electron chi connectivity index (χ1n) is 27.5. The van der Waals surface area contributed by atoms with Crippen molar-refractivity contribution in [3.63, 3.8) is 0 Å². The lowest BCUT2D eigenvalue weighted by molar-refractivity contribution is -0.220. The summed E-state index contributed by atoms with van der Waals surface area (Å²) in [6, 6.07) is 0. The number of unbranched alkanes of at least 4 members (excludes halogenated alkanes) is 33. The molecule has 0 aromatic rings. The van der Waals surface area contributed by atoms with Crippen molar-refractivity contribution in [2.45, 2.75) is 301 Å². The zero-order valence-electron chi connectivity index (χ0n) is 42.5.